The molecule has 5 nitrogen and oxygen atoms in total. The van der Waals surface area contributed by atoms with Crippen molar-refractivity contribution in [2.75, 3.05) is 0 Å². The molecule has 0 bridgehead atoms. The van der Waals surface area contributed by atoms with E-state index in [4.69, 9.17) is 5.11 Å². The molecule has 0 unspecified atom stereocenters. The van der Waals surface area contributed by atoms with Crippen molar-refractivity contribution in [3.8, 4) is 0 Å². The summed E-state index contributed by atoms with van der Waals surface area (Å²) in [6.45, 7) is 0. The van der Waals surface area contributed by atoms with Gasteiger partial charge in [-0.1, -0.05) is 0 Å². The third kappa shape index (κ3) is 0.791. The summed E-state index contributed by atoms with van der Waals surface area (Å²) in [5.74, 6) is 0. The van der Waals surface area contributed by atoms with E-state index in [1.165, 1.54) is 0 Å². The van der Waals surface area contributed by atoms with Crippen LogP contribution in [0.15, 0.2) is 0 Å². The summed E-state index contributed by atoms with van der Waals surface area (Å²) in [6, 6.07) is 0. The van der Waals surface area contributed by atoms with Crippen molar-refractivity contribution in [1.29, 1.82) is 0 Å². The molecule has 1 aliphatic rings. The zero-order valence-corrected chi connectivity index (χ0v) is 4.92. The van der Waals surface area contributed by atoms with E-state index in [0.717, 1.165) is 0 Å². The fourth-order valence-corrected chi connectivity index (χ4v) is 1.04. The van der Waals surface area contributed by atoms with Gasteiger partial charge in [0.15, 0.2) is 0 Å². The third-order valence-corrected chi connectivity index (χ3v) is 2.03. The second kappa shape index (κ2) is 1.77. The maximum Gasteiger partial charge on any atom is 0.357 e. The van der Waals surface area contributed by atoms with Crippen molar-refractivity contribution in [2.45, 2.75) is 0 Å². The Balaban J connectivity index is 2.70. The van der Waals surface area contributed by atoms with Crippen molar-refractivity contribution >= 4 is 25.1 Å². The standard InChI is InChI=1S/C3HO5P/c4-1(5)9-2(6)8-3(9)7/h(H,4,5). The van der Waals surface area contributed by atoms with Crippen molar-refractivity contribution in [3.05, 3.63) is 0 Å². The fraction of sp³-hybridized carbons (Fsp3) is 0. The highest BCUT2D eigenvalue weighted by Gasteiger charge is 2.48. The van der Waals surface area contributed by atoms with Gasteiger partial charge in [-0.2, -0.15) is 0 Å². The lowest BCUT2D eigenvalue weighted by Crippen LogP contribution is -2.24. The lowest BCUT2D eigenvalue weighted by molar-refractivity contribution is 0.174. The maximum atomic E-state index is 10.1. The summed E-state index contributed by atoms with van der Waals surface area (Å²) in [5.41, 5.74) is -3.21. The van der Waals surface area contributed by atoms with Crippen LogP contribution < -0.4 is 0 Å². The van der Waals surface area contributed by atoms with Gasteiger partial charge in [0.05, 0.1) is 0 Å². The number of carboxylic acid groups (broad SMARTS) is 1. The van der Waals surface area contributed by atoms with E-state index in [9.17, 15) is 14.4 Å². The molecule has 0 aromatic heterocycles. The minimum Gasteiger partial charge on any atom is -0.477 e. The normalized spacial score (nSPS) is 18.7. The molecule has 1 heterocycles. The molecule has 1 N–H and O–H groups in total. The fourth-order valence-electron chi connectivity index (χ4n) is 0.358. The van der Waals surface area contributed by atoms with Gasteiger partial charge in [0.25, 0.3) is 0 Å². The highest BCUT2D eigenvalue weighted by molar-refractivity contribution is 8.03. The highest BCUT2D eigenvalue weighted by Crippen LogP contribution is 2.49. The Labute approximate surface area is 50.4 Å². The van der Waals surface area contributed by atoms with Crippen LogP contribution in [0.4, 0.5) is 14.4 Å². The molecule has 6 heteroatoms. The highest BCUT2D eigenvalue weighted by atomic mass is 31.1. The average molecular weight is 148 g/mol. The van der Waals surface area contributed by atoms with Crippen LogP contribution in [0.25, 0.3) is 0 Å². The monoisotopic (exact) mass is 148 g/mol. The average Bonchev–Trinajstić information content (AvgIpc) is 1.62. The minimum absolute atomic E-state index is 0.914. The molecule has 0 aromatic rings. The summed E-state index contributed by atoms with van der Waals surface area (Å²) in [6.07, 6.45) is 0. The summed E-state index contributed by atoms with van der Waals surface area (Å²) >= 11 is 0. The summed E-state index contributed by atoms with van der Waals surface area (Å²) < 4.78 is 3.78. The molecule has 0 aromatic carbocycles. The van der Waals surface area contributed by atoms with Crippen molar-refractivity contribution in [1.82, 2.24) is 0 Å². The third-order valence-electron chi connectivity index (χ3n) is 0.731. The Kier molecular flexibility index (Phi) is 1.21. The van der Waals surface area contributed by atoms with E-state index < -0.39 is 25.1 Å². The molecule has 0 amide bonds. The molecule has 1 rings (SSSR count). The van der Waals surface area contributed by atoms with Crippen LogP contribution in [-0.2, 0) is 4.74 Å². The van der Waals surface area contributed by atoms with Gasteiger partial charge in [0.2, 0.25) is 7.92 Å². The topological polar surface area (TPSA) is 80.7 Å². The Bertz CT molecular complexity index is 171. The van der Waals surface area contributed by atoms with Gasteiger partial charge in [0.1, 0.15) is 0 Å². The molecule has 48 valence electrons. The Morgan fingerprint density at radius 1 is 1.44 bits per heavy atom. The first-order valence-corrected chi connectivity index (χ1v) is 3.26. The van der Waals surface area contributed by atoms with Crippen LogP contribution >= 0.6 is 7.92 Å². The molecule has 1 fully saturated rings. The number of ether oxygens (including phenoxy) is 1. The van der Waals surface area contributed by atoms with E-state index in [1.54, 1.807) is 0 Å². The van der Waals surface area contributed by atoms with Gasteiger partial charge < -0.3 is 9.84 Å². The van der Waals surface area contributed by atoms with E-state index in [2.05, 4.69) is 4.74 Å². The molecule has 0 saturated carbocycles. The Morgan fingerprint density at radius 2 is 1.89 bits per heavy atom. The SMILES string of the molecule is O=C(O)P1C(=O)OC1=O. The van der Waals surface area contributed by atoms with Crippen molar-refractivity contribution in [3.63, 3.8) is 0 Å². The second-order valence-corrected chi connectivity index (χ2v) is 3.04. The van der Waals surface area contributed by atoms with Crippen molar-refractivity contribution < 1.29 is 24.2 Å². The number of cyclic esters (lactones) is 2. The van der Waals surface area contributed by atoms with E-state index in [0.29, 0.717) is 0 Å². The summed E-state index contributed by atoms with van der Waals surface area (Å²) in [4.78, 5) is 30.1. The molecule has 0 radical (unpaired) electrons. The van der Waals surface area contributed by atoms with Crippen LogP contribution in [-0.4, -0.2) is 22.2 Å². The summed E-state index contributed by atoms with van der Waals surface area (Å²) in [5, 5.41) is 8.08. The zero-order chi connectivity index (χ0) is 7.02. The summed E-state index contributed by atoms with van der Waals surface area (Å²) in [7, 11) is -2.16. The van der Waals surface area contributed by atoms with E-state index in [-0.39, 0.29) is 0 Å². The lowest BCUT2D eigenvalue weighted by Gasteiger charge is -2.15. The quantitative estimate of drug-likeness (QED) is 0.449. The smallest absolute Gasteiger partial charge is 0.357 e. The predicted octanol–water partition coefficient (Wildman–Crippen LogP) is 1.42. The van der Waals surface area contributed by atoms with E-state index >= 15 is 0 Å². The molecule has 1 saturated heterocycles. The van der Waals surface area contributed by atoms with Crippen LogP contribution in [0, 0.1) is 0 Å². The van der Waals surface area contributed by atoms with E-state index in [1.807, 2.05) is 0 Å². The maximum absolute atomic E-state index is 10.1. The first-order valence-electron chi connectivity index (χ1n) is 1.92. The van der Waals surface area contributed by atoms with Crippen LogP contribution in [0.3, 0.4) is 0 Å². The lowest BCUT2D eigenvalue weighted by atomic mass is 11.4. The number of hydrogen-bond acceptors (Lipinski definition) is 4. The number of carbonyl (C=O) groups is 3. The van der Waals surface area contributed by atoms with Crippen LogP contribution in [0.2, 0.25) is 0 Å². The largest absolute Gasteiger partial charge is 0.477 e. The Hall–Kier alpha value is -0.960. The van der Waals surface area contributed by atoms with Crippen molar-refractivity contribution in [2.24, 2.45) is 0 Å². The van der Waals surface area contributed by atoms with Gasteiger partial charge in [0, 0.05) is 0 Å². The van der Waals surface area contributed by atoms with Gasteiger partial charge in [-0.05, 0) is 0 Å². The second-order valence-electron chi connectivity index (χ2n) is 1.25. The minimum atomic E-state index is -2.16. The number of rotatable bonds is 1. The molecular weight excluding hydrogens is 147 g/mol. The molecule has 9 heavy (non-hydrogen) atoms. The Morgan fingerprint density at radius 3 is 2.00 bits per heavy atom. The van der Waals surface area contributed by atoms with Gasteiger partial charge in [-0.25, -0.2) is 14.4 Å². The number of carbonyl (C=O) groups excluding carboxylic acids is 2. The molecular formula is C3HO5P. The molecule has 0 aliphatic carbocycles. The van der Waals surface area contributed by atoms with Gasteiger partial charge >= 0.3 is 17.1 Å². The molecule has 1 aliphatic heterocycles. The number of hydrogen-bond donors (Lipinski definition) is 1. The predicted molar refractivity (Wildman–Crippen MR) is 26.8 cm³/mol. The zero-order valence-electron chi connectivity index (χ0n) is 4.03. The molecule has 0 atom stereocenters. The van der Waals surface area contributed by atoms with Gasteiger partial charge in [-0.3, -0.25) is 0 Å². The molecule has 0 spiro atoms. The van der Waals surface area contributed by atoms with Crippen LogP contribution in [0.1, 0.15) is 0 Å². The van der Waals surface area contributed by atoms with Crippen LogP contribution in [0.5, 0.6) is 0 Å². The first kappa shape index (κ1) is 6.16. The first-order chi connectivity index (χ1) is 4.13. The van der Waals surface area contributed by atoms with Gasteiger partial charge in [-0.15, -0.1) is 0 Å².